The smallest absolute Gasteiger partial charge is 0.162 e. The molecule has 0 unspecified atom stereocenters. The minimum absolute atomic E-state index is 0.639. The maximum absolute atomic E-state index is 4.58. The van der Waals surface area contributed by atoms with Crippen LogP contribution in [0.5, 0.6) is 0 Å². The van der Waals surface area contributed by atoms with Crippen molar-refractivity contribution in [3.8, 4) is 34.0 Å². The zero-order valence-electron chi connectivity index (χ0n) is 28.5. The summed E-state index contributed by atoms with van der Waals surface area (Å²) in [6.07, 6.45) is 7.05. The first-order valence-corrected chi connectivity index (χ1v) is 17.5. The number of nitrogens with zero attached hydrogens (tertiary/aromatic N) is 7. The molecule has 0 aliphatic rings. The second kappa shape index (κ2) is 12.7. The quantitative estimate of drug-likeness (QED) is 0.167. The summed E-state index contributed by atoms with van der Waals surface area (Å²) in [6.45, 7) is 0. The average molecular weight is 682 g/mol. The number of benzene rings is 6. The van der Waals surface area contributed by atoms with Crippen molar-refractivity contribution < 1.29 is 0 Å². The van der Waals surface area contributed by atoms with Crippen molar-refractivity contribution in [2.24, 2.45) is 0 Å². The molecule has 7 nitrogen and oxygen atoms in total. The first-order chi connectivity index (χ1) is 26.3. The van der Waals surface area contributed by atoms with Gasteiger partial charge < -0.3 is 14.0 Å². The zero-order valence-corrected chi connectivity index (χ0v) is 28.5. The van der Waals surface area contributed by atoms with E-state index in [4.69, 9.17) is 0 Å². The molecule has 0 saturated heterocycles. The Morgan fingerprint density at radius 3 is 1.79 bits per heavy atom. The van der Waals surface area contributed by atoms with Crippen LogP contribution in [0.2, 0.25) is 0 Å². The van der Waals surface area contributed by atoms with Crippen LogP contribution in [0.25, 0.3) is 66.7 Å². The van der Waals surface area contributed by atoms with Crippen LogP contribution in [-0.4, -0.2) is 29.1 Å². The molecule has 0 atom stereocenters. The van der Waals surface area contributed by atoms with Gasteiger partial charge in [0.1, 0.15) is 12.7 Å². The number of pyridine rings is 1. The summed E-state index contributed by atoms with van der Waals surface area (Å²) in [7, 11) is 0. The third-order valence-electron chi connectivity index (χ3n) is 9.85. The van der Waals surface area contributed by atoms with Crippen molar-refractivity contribution in [1.82, 2.24) is 29.1 Å². The molecule has 0 saturated carbocycles. The lowest BCUT2D eigenvalue weighted by atomic mass is 10.1. The van der Waals surface area contributed by atoms with E-state index >= 15 is 0 Å². The standard InChI is InChI=1S/C46H31N7/c1-3-9-34(10-4-1)51-28-26-40-43(51)25-23-39-41-29-38(22-24-44(41)53(45(39)40)35-11-5-2-6-12-35)52(36-18-14-32(15-19-36)42-13-7-8-27-48-42)37-20-16-33(17-21-37)46-49-30-47-31-50-46/h1-31H. The summed E-state index contributed by atoms with van der Waals surface area (Å²) < 4.78 is 4.67. The van der Waals surface area contributed by atoms with Crippen molar-refractivity contribution in [1.29, 1.82) is 0 Å². The molecule has 53 heavy (non-hydrogen) atoms. The second-order valence-corrected chi connectivity index (χ2v) is 12.9. The average Bonchev–Trinajstić information content (AvgIpc) is 3.82. The molecular weight excluding hydrogens is 651 g/mol. The molecule has 10 aromatic rings. The Kier molecular flexibility index (Phi) is 7.32. The van der Waals surface area contributed by atoms with Crippen LogP contribution in [0.1, 0.15) is 0 Å². The predicted molar refractivity (Wildman–Crippen MR) is 214 cm³/mol. The molecular formula is C46H31N7. The third kappa shape index (κ3) is 5.30. The Bertz CT molecular complexity index is 2770. The summed E-state index contributed by atoms with van der Waals surface area (Å²) >= 11 is 0. The lowest BCUT2D eigenvalue weighted by Crippen LogP contribution is -2.10. The highest BCUT2D eigenvalue weighted by molar-refractivity contribution is 6.19. The highest BCUT2D eigenvalue weighted by Crippen LogP contribution is 2.42. The van der Waals surface area contributed by atoms with Crippen molar-refractivity contribution in [2.75, 3.05) is 4.90 Å². The largest absolute Gasteiger partial charge is 0.316 e. The Labute approximate surface area is 305 Å². The molecule has 0 bridgehead atoms. The van der Waals surface area contributed by atoms with Crippen LogP contribution < -0.4 is 4.90 Å². The van der Waals surface area contributed by atoms with Crippen molar-refractivity contribution in [2.45, 2.75) is 0 Å². The number of aromatic nitrogens is 6. The molecule has 6 aromatic carbocycles. The topological polar surface area (TPSA) is 64.7 Å². The molecule has 0 fully saturated rings. The van der Waals surface area contributed by atoms with Gasteiger partial charge in [0.05, 0.1) is 22.2 Å². The lowest BCUT2D eigenvalue weighted by Gasteiger charge is -2.26. The van der Waals surface area contributed by atoms with E-state index in [1.165, 1.54) is 34.3 Å². The summed E-state index contributed by atoms with van der Waals surface area (Å²) in [5, 5.41) is 3.57. The fraction of sp³-hybridized carbons (Fsp3) is 0. The fourth-order valence-corrected chi connectivity index (χ4v) is 7.42. The molecule has 0 N–H and O–H groups in total. The van der Waals surface area contributed by atoms with Crippen LogP contribution in [0.4, 0.5) is 17.1 Å². The van der Waals surface area contributed by atoms with Gasteiger partial charge in [0, 0.05) is 68.1 Å². The van der Waals surface area contributed by atoms with Crippen LogP contribution in [0, 0.1) is 0 Å². The minimum atomic E-state index is 0.639. The van der Waals surface area contributed by atoms with Gasteiger partial charge in [-0.15, -0.1) is 0 Å². The van der Waals surface area contributed by atoms with E-state index in [1.54, 1.807) is 0 Å². The normalized spacial score (nSPS) is 11.4. The van der Waals surface area contributed by atoms with Gasteiger partial charge in [-0.05, 0) is 103 Å². The van der Waals surface area contributed by atoms with Crippen LogP contribution in [-0.2, 0) is 0 Å². The molecule has 7 heteroatoms. The van der Waals surface area contributed by atoms with E-state index in [1.807, 2.05) is 24.4 Å². The predicted octanol–water partition coefficient (Wildman–Crippen LogP) is 11.1. The van der Waals surface area contributed by atoms with Gasteiger partial charge in [0.25, 0.3) is 0 Å². The summed E-state index contributed by atoms with van der Waals surface area (Å²) in [6, 6.07) is 57.7. The number of para-hydroxylation sites is 2. The van der Waals surface area contributed by atoms with Crippen molar-refractivity contribution >= 4 is 49.8 Å². The van der Waals surface area contributed by atoms with E-state index < -0.39 is 0 Å². The first kappa shape index (κ1) is 30.4. The summed E-state index contributed by atoms with van der Waals surface area (Å²) in [5.74, 6) is 0.639. The van der Waals surface area contributed by atoms with E-state index in [0.29, 0.717) is 5.82 Å². The Morgan fingerprint density at radius 1 is 0.453 bits per heavy atom. The number of rotatable bonds is 7. The minimum Gasteiger partial charge on any atom is -0.316 e. The lowest BCUT2D eigenvalue weighted by molar-refractivity contribution is 1.06. The van der Waals surface area contributed by atoms with Crippen LogP contribution >= 0.6 is 0 Å². The zero-order chi connectivity index (χ0) is 35.1. The summed E-state index contributed by atoms with van der Waals surface area (Å²) in [5.41, 5.74) is 11.8. The van der Waals surface area contributed by atoms with Crippen LogP contribution in [0.3, 0.4) is 0 Å². The second-order valence-electron chi connectivity index (χ2n) is 12.9. The Hall–Kier alpha value is -7.38. The highest BCUT2D eigenvalue weighted by atomic mass is 15.1. The number of fused-ring (bicyclic) bond motifs is 5. The summed E-state index contributed by atoms with van der Waals surface area (Å²) in [4.78, 5) is 19.6. The molecule has 4 heterocycles. The van der Waals surface area contributed by atoms with E-state index in [2.05, 4.69) is 186 Å². The number of hydrogen-bond donors (Lipinski definition) is 0. The van der Waals surface area contributed by atoms with Gasteiger partial charge >= 0.3 is 0 Å². The van der Waals surface area contributed by atoms with Gasteiger partial charge in [0.2, 0.25) is 0 Å². The molecule has 250 valence electrons. The molecule has 0 spiro atoms. The van der Waals surface area contributed by atoms with Gasteiger partial charge in [-0.1, -0.05) is 60.7 Å². The molecule has 0 aliphatic heterocycles. The van der Waals surface area contributed by atoms with E-state index in [-0.39, 0.29) is 0 Å². The fourth-order valence-electron chi connectivity index (χ4n) is 7.42. The van der Waals surface area contributed by atoms with E-state index in [9.17, 15) is 0 Å². The van der Waals surface area contributed by atoms with E-state index in [0.717, 1.165) is 56.3 Å². The molecule has 0 aliphatic carbocycles. The van der Waals surface area contributed by atoms with Gasteiger partial charge in [0.15, 0.2) is 5.82 Å². The first-order valence-electron chi connectivity index (χ1n) is 17.5. The maximum atomic E-state index is 4.58. The highest BCUT2D eigenvalue weighted by Gasteiger charge is 2.20. The van der Waals surface area contributed by atoms with Gasteiger partial charge in [-0.2, -0.15) is 0 Å². The van der Waals surface area contributed by atoms with Crippen LogP contribution in [0.15, 0.2) is 189 Å². The molecule has 4 aromatic heterocycles. The SMILES string of the molecule is c1ccc(-n2ccc3c2ccc2c4cc(N(c5ccc(-c6ccccn6)cc5)c5ccc(-c6ncncn6)cc5)ccc4n(-c4ccccc4)c23)cc1. The molecule has 0 amide bonds. The third-order valence-corrected chi connectivity index (χ3v) is 9.85. The Balaban J connectivity index is 1.17. The molecule has 10 rings (SSSR count). The van der Waals surface area contributed by atoms with Crippen molar-refractivity contribution in [3.05, 3.63) is 189 Å². The number of hydrogen-bond acceptors (Lipinski definition) is 5. The monoisotopic (exact) mass is 681 g/mol. The number of anilines is 3. The molecule has 0 radical (unpaired) electrons. The van der Waals surface area contributed by atoms with Gasteiger partial charge in [-0.25, -0.2) is 15.0 Å². The van der Waals surface area contributed by atoms with Gasteiger partial charge in [-0.3, -0.25) is 4.98 Å². The van der Waals surface area contributed by atoms with Crippen molar-refractivity contribution in [3.63, 3.8) is 0 Å². The maximum Gasteiger partial charge on any atom is 0.162 e. The Morgan fingerprint density at radius 2 is 1.09 bits per heavy atom.